The molecule has 9 aromatic rings. The van der Waals surface area contributed by atoms with Gasteiger partial charge in [-0.1, -0.05) is 78.9 Å². The summed E-state index contributed by atoms with van der Waals surface area (Å²) in [5, 5.41) is 9.40. The normalized spacial score (nSPS) is 12.0. The van der Waals surface area contributed by atoms with E-state index in [2.05, 4.69) is 127 Å². The lowest BCUT2D eigenvalue weighted by Crippen LogP contribution is -1.80. The topological polar surface area (TPSA) is 26.3 Å². The molecule has 2 aromatic heterocycles. The summed E-state index contributed by atoms with van der Waals surface area (Å²) in [5.41, 5.74) is 8.28. The molecule has 0 bridgehead atoms. The molecule has 0 saturated carbocycles. The molecular formula is C38H22O2. The van der Waals surface area contributed by atoms with Crippen molar-refractivity contribution >= 4 is 65.4 Å². The molecule has 0 fully saturated rings. The second-order valence-corrected chi connectivity index (χ2v) is 10.5. The van der Waals surface area contributed by atoms with E-state index < -0.39 is 0 Å². The van der Waals surface area contributed by atoms with Gasteiger partial charge in [0.2, 0.25) is 0 Å². The van der Waals surface area contributed by atoms with E-state index in [0.29, 0.717) is 0 Å². The van der Waals surface area contributed by atoms with Crippen molar-refractivity contribution in [2.75, 3.05) is 0 Å². The summed E-state index contributed by atoms with van der Waals surface area (Å²) in [6, 6.07) is 47.2. The van der Waals surface area contributed by atoms with Gasteiger partial charge >= 0.3 is 0 Å². The summed E-state index contributed by atoms with van der Waals surface area (Å²) in [7, 11) is 0. The lowest BCUT2D eigenvalue weighted by atomic mass is 9.97. The van der Waals surface area contributed by atoms with E-state index in [4.69, 9.17) is 8.83 Å². The number of rotatable bonds is 2. The molecule has 0 aliphatic heterocycles. The maximum absolute atomic E-state index is 6.43. The molecule has 0 amide bonds. The molecule has 0 aliphatic rings. The van der Waals surface area contributed by atoms with Crippen LogP contribution in [-0.2, 0) is 0 Å². The maximum Gasteiger partial charge on any atom is 0.136 e. The molecule has 2 heterocycles. The molecule has 9 rings (SSSR count). The zero-order valence-electron chi connectivity index (χ0n) is 21.5. The summed E-state index contributed by atoms with van der Waals surface area (Å²) in [4.78, 5) is 0. The number of benzene rings is 7. The average molecular weight is 511 g/mol. The first-order valence-corrected chi connectivity index (χ1v) is 13.6. The molecule has 0 aliphatic carbocycles. The van der Waals surface area contributed by atoms with Gasteiger partial charge < -0.3 is 8.83 Å². The van der Waals surface area contributed by atoms with E-state index in [0.717, 1.165) is 55.0 Å². The minimum Gasteiger partial charge on any atom is -0.456 e. The van der Waals surface area contributed by atoms with Crippen LogP contribution in [0.3, 0.4) is 0 Å². The Morgan fingerprint density at radius 3 is 1.45 bits per heavy atom. The molecule has 0 saturated heterocycles. The van der Waals surface area contributed by atoms with Gasteiger partial charge in [-0.15, -0.1) is 0 Å². The van der Waals surface area contributed by atoms with Gasteiger partial charge in [0.05, 0.1) is 0 Å². The van der Waals surface area contributed by atoms with Crippen LogP contribution in [0, 0.1) is 0 Å². The highest BCUT2D eigenvalue weighted by Crippen LogP contribution is 2.42. The van der Waals surface area contributed by atoms with Gasteiger partial charge in [-0.3, -0.25) is 0 Å². The molecule has 0 unspecified atom stereocenters. The molecule has 2 heteroatoms. The maximum atomic E-state index is 6.43. The first-order chi connectivity index (χ1) is 19.8. The van der Waals surface area contributed by atoms with Crippen molar-refractivity contribution < 1.29 is 8.83 Å². The van der Waals surface area contributed by atoms with Crippen LogP contribution in [0.4, 0.5) is 0 Å². The minimum atomic E-state index is 0.900. The highest BCUT2D eigenvalue weighted by molar-refractivity contribution is 6.27. The Bertz CT molecular complexity index is 2420. The van der Waals surface area contributed by atoms with Crippen molar-refractivity contribution in [2.45, 2.75) is 0 Å². The number of furan rings is 2. The first-order valence-electron chi connectivity index (χ1n) is 13.6. The molecule has 7 aromatic carbocycles. The molecule has 40 heavy (non-hydrogen) atoms. The van der Waals surface area contributed by atoms with Crippen molar-refractivity contribution in [3.05, 3.63) is 133 Å². The Hall–Kier alpha value is -5.34. The van der Waals surface area contributed by atoms with Gasteiger partial charge in [0, 0.05) is 21.5 Å². The van der Waals surface area contributed by atoms with E-state index in [-0.39, 0.29) is 0 Å². The Labute approximate surface area is 229 Å². The summed E-state index contributed by atoms with van der Waals surface area (Å²) in [6.45, 7) is 0. The third-order valence-corrected chi connectivity index (χ3v) is 8.26. The molecule has 0 spiro atoms. The number of fused-ring (bicyclic) bond motifs is 10. The van der Waals surface area contributed by atoms with Gasteiger partial charge in [0.15, 0.2) is 0 Å². The summed E-state index contributed by atoms with van der Waals surface area (Å²) in [6.07, 6.45) is 0. The van der Waals surface area contributed by atoms with Gasteiger partial charge in [-0.05, 0) is 98.4 Å². The predicted octanol–water partition coefficient (Wildman–Crippen LogP) is 11.1. The van der Waals surface area contributed by atoms with Crippen molar-refractivity contribution in [3.63, 3.8) is 0 Å². The van der Waals surface area contributed by atoms with Crippen LogP contribution in [0.1, 0.15) is 0 Å². The second-order valence-electron chi connectivity index (χ2n) is 10.5. The van der Waals surface area contributed by atoms with E-state index in [1.165, 1.54) is 32.7 Å². The molecular weight excluding hydrogens is 488 g/mol. The van der Waals surface area contributed by atoms with E-state index >= 15 is 0 Å². The highest BCUT2D eigenvalue weighted by Gasteiger charge is 2.16. The van der Waals surface area contributed by atoms with Crippen LogP contribution in [0.25, 0.3) is 87.7 Å². The Morgan fingerprint density at radius 2 is 0.800 bits per heavy atom. The molecule has 2 nitrogen and oxygen atoms in total. The number of hydrogen-bond acceptors (Lipinski definition) is 2. The molecule has 0 atom stereocenters. The predicted molar refractivity (Wildman–Crippen MR) is 167 cm³/mol. The zero-order chi connectivity index (χ0) is 26.2. The Morgan fingerprint density at radius 1 is 0.300 bits per heavy atom. The van der Waals surface area contributed by atoms with Gasteiger partial charge in [0.1, 0.15) is 22.3 Å². The summed E-state index contributed by atoms with van der Waals surface area (Å²) >= 11 is 0. The third-order valence-electron chi connectivity index (χ3n) is 8.26. The summed E-state index contributed by atoms with van der Waals surface area (Å²) < 4.78 is 12.8. The van der Waals surface area contributed by atoms with Crippen LogP contribution < -0.4 is 0 Å². The fourth-order valence-corrected chi connectivity index (χ4v) is 6.31. The zero-order valence-corrected chi connectivity index (χ0v) is 21.5. The van der Waals surface area contributed by atoms with Gasteiger partial charge in [-0.25, -0.2) is 0 Å². The Kier molecular flexibility index (Phi) is 4.36. The Balaban J connectivity index is 1.24. The standard InChI is InChI=1S/C38H22O2/c1-2-6-23(7-3-1)27-12-14-31-35(21-27)39-33-18-16-30-29(37(31)33)17-19-34-38(30)32-15-13-28(22-36(32)40-34)26-11-10-24-8-4-5-9-25(24)20-26/h1-22H. The first kappa shape index (κ1) is 21.6. The van der Waals surface area contributed by atoms with Crippen molar-refractivity contribution in [3.8, 4) is 22.3 Å². The molecule has 0 N–H and O–H groups in total. The number of hydrogen-bond donors (Lipinski definition) is 0. The third kappa shape index (κ3) is 3.11. The van der Waals surface area contributed by atoms with Gasteiger partial charge in [0.25, 0.3) is 0 Å². The molecule has 0 radical (unpaired) electrons. The van der Waals surface area contributed by atoms with Crippen LogP contribution in [0.2, 0.25) is 0 Å². The molecule has 186 valence electrons. The van der Waals surface area contributed by atoms with Crippen molar-refractivity contribution in [2.24, 2.45) is 0 Å². The monoisotopic (exact) mass is 510 g/mol. The smallest absolute Gasteiger partial charge is 0.136 e. The highest BCUT2D eigenvalue weighted by atomic mass is 16.3. The largest absolute Gasteiger partial charge is 0.456 e. The lowest BCUT2D eigenvalue weighted by Gasteiger charge is -2.05. The van der Waals surface area contributed by atoms with Crippen LogP contribution in [-0.4, -0.2) is 0 Å². The van der Waals surface area contributed by atoms with E-state index in [1.54, 1.807) is 0 Å². The van der Waals surface area contributed by atoms with Crippen molar-refractivity contribution in [1.29, 1.82) is 0 Å². The second kappa shape index (κ2) is 8.08. The SMILES string of the molecule is c1ccc(-c2ccc3c(c2)oc2ccc4c(ccc5oc6cc(-c7ccc8ccccc8c7)ccc6c54)c23)cc1. The average Bonchev–Trinajstić information content (AvgIpc) is 3.58. The van der Waals surface area contributed by atoms with Gasteiger partial charge in [-0.2, -0.15) is 0 Å². The van der Waals surface area contributed by atoms with E-state index in [9.17, 15) is 0 Å². The fraction of sp³-hybridized carbons (Fsp3) is 0. The van der Waals surface area contributed by atoms with Crippen LogP contribution in [0.15, 0.2) is 142 Å². The van der Waals surface area contributed by atoms with E-state index in [1.807, 2.05) is 6.07 Å². The van der Waals surface area contributed by atoms with Crippen LogP contribution in [0.5, 0.6) is 0 Å². The fourth-order valence-electron chi connectivity index (χ4n) is 6.31. The quantitative estimate of drug-likeness (QED) is 0.231. The van der Waals surface area contributed by atoms with Crippen LogP contribution >= 0.6 is 0 Å². The van der Waals surface area contributed by atoms with Crippen molar-refractivity contribution in [1.82, 2.24) is 0 Å². The minimum absolute atomic E-state index is 0.900. The lowest BCUT2D eigenvalue weighted by molar-refractivity contribution is 0.668. The summed E-state index contributed by atoms with van der Waals surface area (Å²) in [5.74, 6) is 0.